The molecule has 1 saturated heterocycles. The summed E-state index contributed by atoms with van der Waals surface area (Å²) >= 11 is 1.78. The molecule has 0 bridgehead atoms. The number of thiophene rings is 1. The highest BCUT2D eigenvalue weighted by atomic mass is 32.1. The van der Waals surface area contributed by atoms with Crippen molar-refractivity contribution in [3.8, 4) is 0 Å². The number of aryl methyl sites for hydroxylation is 1. The van der Waals surface area contributed by atoms with Crippen LogP contribution in [0.3, 0.4) is 0 Å². The highest BCUT2D eigenvalue weighted by molar-refractivity contribution is 7.19. The summed E-state index contributed by atoms with van der Waals surface area (Å²) in [6.45, 7) is 1.91. The number of nitrogens with zero attached hydrogens (tertiary/aromatic N) is 3. The molecule has 1 saturated carbocycles. The van der Waals surface area contributed by atoms with E-state index >= 15 is 0 Å². The second-order valence-electron chi connectivity index (χ2n) is 10.1. The van der Waals surface area contributed by atoms with Crippen molar-refractivity contribution in [2.24, 2.45) is 11.7 Å². The number of carbonyl (C=O) groups is 2. The van der Waals surface area contributed by atoms with Gasteiger partial charge in [0.15, 0.2) is 0 Å². The number of amides is 2. The van der Waals surface area contributed by atoms with E-state index < -0.39 is 0 Å². The van der Waals surface area contributed by atoms with Crippen molar-refractivity contribution < 1.29 is 9.59 Å². The third-order valence-electron chi connectivity index (χ3n) is 7.88. The highest BCUT2D eigenvalue weighted by Crippen LogP contribution is 2.47. The molecule has 8 heteroatoms. The van der Waals surface area contributed by atoms with Gasteiger partial charge >= 0.3 is 0 Å². The number of aromatic nitrogens is 2. The van der Waals surface area contributed by atoms with Gasteiger partial charge in [-0.15, -0.1) is 11.3 Å². The Labute approximate surface area is 199 Å². The van der Waals surface area contributed by atoms with Crippen LogP contribution in [0.2, 0.25) is 0 Å². The molecule has 3 aliphatic rings. The molecule has 0 spiro atoms. The van der Waals surface area contributed by atoms with Crippen LogP contribution in [0.4, 0.5) is 5.82 Å². The lowest BCUT2D eigenvalue weighted by Crippen LogP contribution is -2.29. The zero-order chi connectivity index (χ0) is 22.8. The number of primary amides is 1. The fourth-order valence-corrected chi connectivity index (χ4v) is 7.26. The molecule has 5 rings (SSSR count). The summed E-state index contributed by atoms with van der Waals surface area (Å²) in [4.78, 5) is 37.4. The van der Waals surface area contributed by atoms with Crippen molar-refractivity contribution in [2.45, 2.75) is 89.0 Å². The summed E-state index contributed by atoms with van der Waals surface area (Å²) in [7, 11) is 0. The van der Waals surface area contributed by atoms with E-state index in [9.17, 15) is 9.59 Å². The first-order valence-electron chi connectivity index (χ1n) is 12.7. The minimum Gasteiger partial charge on any atom is -0.370 e. The van der Waals surface area contributed by atoms with Gasteiger partial charge in [-0.3, -0.25) is 9.59 Å². The van der Waals surface area contributed by atoms with E-state index in [1.54, 1.807) is 17.7 Å². The van der Waals surface area contributed by atoms with Gasteiger partial charge in [-0.1, -0.05) is 0 Å². The van der Waals surface area contributed by atoms with E-state index in [1.165, 1.54) is 28.7 Å². The molecule has 178 valence electrons. The van der Waals surface area contributed by atoms with Gasteiger partial charge < -0.3 is 16.0 Å². The predicted octanol–water partition coefficient (Wildman–Crippen LogP) is 4.36. The highest BCUT2D eigenvalue weighted by Gasteiger charge is 2.31. The van der Waals surface area contributed by atoms with Crippen molar-refractivity contribution >= 4 is 39.2 Å². The van der Waals surface area contributed by atoms with Crippen LogP contribution in [0.5, 0.6) is 0 Å². The molecule has 7 nitrogen and oxygen atoms in total. The van der Waals surface area contributed by atoms with E-state index in [-0.39, 0.29) is 5.91 Å². The number of fused-ring (bicyclic) bond motifs is 3. The molecule has 33 heavy (non-hydrogen) atoms. The molecular weight excluding hydrogens is 434 g/mol. The van der Waals surface area contributed by atoms with Crippen molar-refractivity contribution in [2.75, 3.05) is 18.4 Å². The lowest BCUT2D eigenvalue weighted by Gasteiger charge is -2.30. The Hall–Kier alpha value is -2.22. The largest absolute Gasteiger partial charge is 0.370 e. The Morgan fingerprint density at radius 2 is 1.85 bits per heavy atom. The summed E-state index contributed by atoms with van der Waals surface area (Å²) < 4.78 is 0. The first-order valence-corrected chi connectivity index (χ1v) is 13.5. The van der Waals surface area contributed by atoms with Gasteiger partial charge in [0.2, 0.25) is 11.8 Å². The third-order valence-corrected chi connectivity index (χ3v) is 9.06. The zero-order valence-electron chi connectivity index (χ0n) is 19.4. The van der Waals surface area contributed by atoms with Gasteiger partial charge in [0, 0.05) is 36.9 Å². The molecule has 3 N–H and O–H groups in total. The lowest BCUT2D eigenvalue weighted by molar-refractivity contribution is -0.130. The molecule has 0 aromatic carbocycles. The molecule has 2 aromatic heterocycles. The number of carbonyl (C=O) groups excluding carboxylic acids is 2. The van der Waals surface area contributed by atoms with Crippen LogP contribution in [0, 0.1) is 5.92 Å². The Morgan fingerprint density at radius 1 is 1.06 bits per heavy atom. The molecule has 2 aliphatic carbocycles. The van der Waals surface area contributed by atoms with E-state index in [2.05, 4.69) is 15.3 Å². The summed E-state index contributed by atoms with van der Waals surface area (Å²) in [6.07, 6.45) is 13.7. The van der Waals surface area contributed by atoms with Crippen LogP contribution >= 0.6 is 11.3 Å². The van der Waals surface area contributed by atoms with Gasteiger partial charge in [-0.25, -0.2) is 9.97 Å². The van der Waals surface area contributed by atoms with Crippen molar-refractivity contribution in [3.05, 3.63) is 16.8 Å². The topological polar surface area (TPSA) is 101 Å². The number of rotatable bonds is 8. The Balaban J connectivity index is 1.20. The number of nitrogens with two attached hydrogens (primary N) is 1. The van der Waals surface area contributed by atoms with Crippen LogP contribution in [-0.4, -0.2) is 45.8 Å². The van der Waals surface area contributed by atoms with Crippen LogP contribution in [0.1, 0.15) is 87.0 Å². The molecule has 1 aliphatic heterocycles. The van der Waals surface area contributed by atoms with Gasteiger partial charge in [0.05, 0.1) is 5.39 Å². The second kappa shape index (κ2) is 9.95. The first-order chi connectivity index (χ1) is 16.1. The predicted molar refractivity (Wildman–Crippen MR) is 131 cm³/mol. The Kier molecular flexibility index (Phi) is 6.81. The third kappa shape index (κ3) is 5.00. The smallest absolute Gasteiger partial charge is 0.222 e. The summed E-state index contributed by atoms with van der Waals surface area (Å²) in [6, 6.07) is 0.412. The molecular formula is C25H35N5O2S. The van der Waals surface area contributed by atoms with Crippen molar-refractivity contribution in [3.63, 3.8) is 0 Å². The number of nitrogens with one attached hydrogen (secondary N) is 1. The van der Waals surface area contributed by atoms with E-state index in [4.69, 9.17) is 5.73 Å². The fraction of sp³-hybridized carbons (Fsp3) is 0.680. The molecule has 2 aromatic rings. The maximum Gasteiger partial charge on any atom is 0.222 e. The summed E-state index contributed by atoms with van der Waals surface area (Å²) in [5.74, 6) is 2.11. The minimum absolute atomic E-state index is 0.225. The van der Waals surface area contributed by atoms with Crippen LogP contribution in [-0.2, 0) is 16.0 Å². The molecule has 3 heterocycles. The lowest BCUT2D eigenvalue weighted by atomic mass is 9.83. The Bertz CT molecular complexity index is 1010. The van der Waals surface area contributed by atoms with E-state index in [1.807, 2.05) is 4.90 Å². The van der Waals surface area contributed by atoms with Crippen LogP contribution in [0.15, 0.2) is 6.33 Å². The SMILES string of the molecule is NC(=O)CCC1CCc2sc3ncnc(NC4CCC(CCC(=O)N5CCCC5)CC4)c3c21. The van der Waals surface area contributed by atoms with E-state index in [0.29, 0.717) is 36.6 Å². The maximum atomic E-state index is 12.4. The minimum atomic E-state index is -0.225. The molecule has 2 amide bonds. The first kappa shape index (κ1) is 22.6. The van der Waals surface area contributed by atoms with Gasteiger partial charge in [0.25, 0.3) is 0 Å². The maximum absolute atomic E-state index is 12.4. The van der Waals surface area contributed by atoms with Crippen molar-refractivity contribution in [1.82, 2.24) is 14.9 Å². The number of likely N-dealkylation sites (tertiary alicyclic amines) is 1. The summed E-state index contributed by atoms with van der Waals surface area (Å²) in [5.41, 5.74) is 6.77. The molecule has 2 fully saturated rings. The summed E-state index contributed by atoms with van der Waals surface area (Å²) in [5, 5.41) is 4.91. The number of hydrogen-bond donors (Lipinski definition) is 2. The fourth-order valence-electron chi connectivity index (χ4n) is 6.02. The molecule has 0 radical (unpaired) electrons. The Morgan fingerprint density at radius 3 is 2.61 bits per heavy atom. The second-order valence-corrected chi connectivity index (χ2v) is 11.2. The molecule has 1 atom stereocenters. The van der Waals surface area contributed by atoms with Crippen LogP contribution in [0.25, 0.3) is 10.2 Å². The standard InChI is InChI=1S/C25H35N5O2S/c26-20(31)11-7-17-6-10-19-22(17)23-24(27-15-28-25(23)33-19)29-18-8-3-16(4-9-18)5-12-21(32)30-13-1-2-14-30/h15-18H,1-14H2,(H2,26,31)(H,27,28,29). The van der Waals surface area contributed by atoms with Gasteiger partial charge in [-0.05, 0) is 81.6 Å². The van der Waals surface area contributed by atoms with Gasteiger partial charge in [-0.2, -0.15) is 0 Å². The van der Waals surface area contributed by atoms with Crippen LogP contribution < -0.4 is 11.1 Å². The zero-order valence-corrected chi connectivity index (χ0v) is 20.2. The number of hydrogen-bond acceptors (Lipinski definition) is 6. The quantitative estimate of drug-likeness (QED) is 0.598. The average Bonchev–Trinajstić information content (AvgIpc) is 3.54. The normalized spacial score (nSPS) is 24.8. The van der Waals surface area contributed by atoms with Crippen molar-refractivity contribution in [1.29, 1.82) is 0 Å². The number of anilines is 1. The average molecular weight is 470 g/mol. The van der Waals surface area contributed by atoms with E-state index in [0.717, 1.165) is 75.1 Å². The molecule has 1 unspecified atom stereocenters. The monoisotopic (exact) mass is 469 g/mol. The van der Waals surface area contributed by atoms with Gasteiger partial charge in [0.1, 0.15) is 17.0 Å².